The fraction of sp³-hybridized carbons (Fsp3) is 0.294. The molecular formula is C17H20N3O2+. The van der Waals surface area contributed by atoms with Crippen molar-refractivity contribution < 1.29 is 14.4 Å². The van der Waals surface area contributed by atoms with Crippen LogP contribution >= 0.6 is 0 Å². The van der Waals surface area contributed by atoms with Crippen LogP contribution in [-0.2, 0) is 11.3 Å². The molecule has 0 unspecified atom stereocenters. The summed E-state index contributed by atoms with van der Waals surface area (Å²) < 4.78 is 5.37. The van der Waals surface area contributed by atoms with Crippen LogP contribution < -0.4 is 10.2 Å². The molecule has 0 saturated carbocycles. The Morgan fingerprint density at radius 1 is 1.18 bits per heavy atom. The number of anilines is 1. The topological polar surface area (TPSA) is 55.7 Å². The molecular weight excluding hydrogens is 278 g/mol. The molecule has 22 heavy (non-hydrogen) atoms. The summed E-state index contributed by atoms with van der Waals surface area (Å²) in [6.07, 6.45) is 3.21. The van der Waals surface area contributed by atoms with E-state index in [0.29, 0.717) is 5.56 Å². The highest BCUT2D eigenvalue weighted by Crippen LogP contribution is 2.10. The smallest absolute Gasteiger partial charge is 0.257 e. The number of hydrogen-bond acceptors (Lipinski definition) is 3. The van der Waals surface area contributed by atoms with Gasteiger partial charge in [-0.15, -0.1) is 0 Å². The second-order valence-electron chi connectivity index (χ2n) is 5.43. The van der Waals surface area contributed by atoms with Gasteiger partial charge in [-0.2, -0.15) is 0 Å². The molecule has 0 atom stereocenters. The van der Waals surface area contributed by atoms with Crippen molar-refractivity contribution >= 4 is 11.6 Å². The maximum atomic E-state index is 12.0. The minimum absolute atomic E-state index is 0.139. The Morgan fingerprint density at radius 2 is 1.95 bits per heavy atom. The molecule has 1 fully saturated rings. The number of hydrogen-bond donors (Lipinski definition) is 2. The van der Waals surface area contributed by atoms with E-state index in [2.05, 4.69) is 22.4 Å². The first-order chi connectivity index (χ1) is 10.8. The van der Waals surface area contributed by atoms with Crippen LogP contribution in [0.15, 0.2) is 48.8 Å². The molecule has 1 aliphatic rings. The van der Waals surface area contributed by atoms with Gasteiger partial charge in [-0.1, -0.05) is 12.1 Å². The number of nitrogens with zero attached hydrogens (tertiary/aromatic N) is 1. The van der Waals surface area contributed by atoms with E-state index in [1.807, 2.05) is 12.1 Å². The Bertz CT molecular complexity index is 608. The van der Waals surface area contributed by atoms with Crippen molar-refractivity contribution in [2.24, 2.45) is 0 Å². The number of aromatic nitrogens is 1. The van der Waals surface area contributed by atoms with Gasteiger partial charge in [-0.05, 0) is 24.3 Å². The van der Waals surface area contributed by atoms with Gasteiger partial charge in [0.2, 0.25) is 0 Å². The summed E-state index contributed by atoms with van der Waals surface area (Å²) in [6.45, 7) is 4.79. The lowest BCUT2D eigenvalue weighted by Gasteiger charge is -2.23. The van der Waals surface area contributed by atoms with Gasteiger partial charge >= 0.3 is 0 Å². The molecule has 0 bridgehead atoms. The van der Waals surface area contributed by atoms with Crippen LogP contribution in [0.2, 0.25) is 0 Å². The van der Waals surface area contributed by atoms with E-state index in [1.165, 1.54) is 5.56 Å². The maximum Gasteiger partial charge on any atom is 0.257 e. The van der Waals surface area contributed by atoms with Crippen molar-refractivity contribution in [3.05, 3.63) is 59.9 Å². The molecule has 0 spiro atoms. The number of quaternary nitrogens is 1. The van der Waals surface area contributed by atoms with Crippen molar-refractivity contribution in [2.45, 2.75) is 6.54 Å². The third-order valence-corrected chi connectivity index (χ3v) is 3.79. The summed E-state index contributed by atoms with van der Waals surface area (Å²) >= 11 is 0. The monoisotopic (exact) mass is 298 g/mol. The van der Waals surface area contributed by atoms with E-state index in [0.717, 1.165) is 38.5 Å². The normalized spacial score (nSPS) is 15.5. The fourth-order valence-electron chi connectivity index (χ4n) is 2.53. The van der Waals surface area contributed by atoms with E-state index >= 15 is 0 Å². The predicted molar refractivity (Wildman–Crippen MR) is 83.9 cm³/mol. The molecule has 1 amide bonds. The van der Waals surface area contributed by atoms with E-state index in [1.54, 1.807) is 29.4 Å². The average Bonchev–Trinajstić information content (AvgIpc) is 2.58. The lowest BCUT2D eigenvalue weighted by Crippen LogP contribution is -3.12. The Hall–Kier alpha value is -2.24. The van der Waals surface area contributed by atoms with Crippen LogP contribution in [0, 0.1) is 0 Å². The van der Waals surface area contributed by atoms with Crippen LogP contribution in [0.3, 0.4) is 0 Å². The molecule has 114 valence electrons. The Morgan fingerprint density at radius 3 is 2.64 bits per heavy atom. The summed E-state index contributed by atoms with van der Waals surface area (Å²) in [4.78, 5) is 17.5. The summed E-state index contributed by atoms with van der Waals surface area (Å²) in [5.41, 5.74) is 2.63. The summed E-state index contributed by atoms with van der Waals surface area (Å²) in [5.74, 6) is -0.139. The van der Waals surface area contributed by atoms with Crippen LogP contribution in [0.4, 0.5) is 5.69 Å². The first kappa shape index (κ1) is 14.7. The highest BCUT2D eigenvalue weighted by molar-refractivity contribution is 6.03. The van der Waals surface area contributed by atoms with Crippen molar-refractivity contribution in [1.29, 1.82) is 0 Å². The fourth-order valence-corrected chi connectivity index (χ4v) is 2.53. The first-order valence-corrected chi connectivity index (χ1v) is 7.53. The molecule has 5 heteroatoms. The van der Waals surface area contributed by atoms with Crippen LogP contribution in [-0.4, -0.2) is 37.2 Å². The molecule has 1 aliphatic heterocycles. The van der Waals surface area contributed by atoms with E-state index in [4.69, 9.17) is 4.74 Å². The van der Waals surface area contributed by atoms with E-state index in [9.17, 15) is 4.79 Å². The molecule has 1 aromatic carbocycles. The summed E-state index contributed by atoms with van der Waals surface area (Å²) in [7, 11) is 0. The number of amides is 1. The number of nitrogens with one attached hydrogen (secondary N) is 2. The highest BCUT2D eigenvalue weighted by Gasteiger charge is 2.14. The standard InChI is InChI=1S/C17H19N3O2/c21-17(15-2-1-7-18-12-15)19-16-5-3-14(4-6-16)13-20-8-10-22-11-9-20/h1-7,12H,8-11,13H2,(H,19,21)/p+1. The maximum absolute atomic E-state index is 12.0. The minimum atomic E-state index is -0.139. The molecule has 1 saturated heterocycles. The Balaban J connectivity index is 1.58. The van der Waals surface area contributed by atoms with Crippen molar-refractivity contribution in [2.75, 3.05) is 31.6 Å². The van der Waals surface area contributed by atoms with Gasteiger partial charge in [0.1, 0.15) is 19.6 Å². The second-order valence-corrected chi connectivity index (χ2v) is 5.43. The number of rotatable bonds is 4. The minimum Gasteiger partial charge on any atom is -0.370 e. The number of benzene rings is 1. The van der Waals surface area contributed by atoms with Gasteiger partial charge in [-0.3, -0.25) is 9.78 Å². The quantitative estimate of drug-likeness (QED) is 0.876. The number of carbonyl (C=O) groups is 1. The zero-order chi connectivity index (χ0) is 15.2. The molecule has 2 N–H and O–H groups in total. The van der Waals surface area contributed by atoms with Crippen LogP contribution in [0.1, 0.15) is 15.9 Å². The van der Waals surface area contributed by atoms with Crippen molar-refractivity contribution in [3.63, 3.8) is 0 Å². The largest absolute Gasteiger partial charge is 0.370 e. The molecule has 0 radical (unpaired) electrons. The van der Waals surface area contributed by atoms with Crippen molar-refractivity contribution in [1.82, 2.24) is 4.98 Å². The summed E-state index contributed by atoms with van der Waals surface area (Å²) in [5, 5.41) is 2.88. The van der Waals surface area contributed by atoms with E-state index in [-0.39, 0.29) is 5.91 Å². The Labute approximate surface area is 129 Å². The molecule has 0 aliphatic carbocycles. The van der Waals surface area contributed by atoms with Crippen LogP contribution in [0.5, 0.6) is 0 Å². The van der Waals surface area contributed by atoms with Gasteiger partial charge in [0.15, 0.2) is 0 Å². The first-order valence-electron chi connectivity index (χ1n) is 7.53. The third-order valence-electron chi connectivity index (χ3n) is 3.79. The third kappa shape index (κ3) is 3.90. The molecule has 2 aromatic rings. The zero-order valence-corrected chi connectivity index (χ0v) is 12.4. The van der Waals surface area contributed by atoms with Crippen LogP contribution in [0.25, 0.3) is 0 Å². The Kier molecular flexibility index (Phi) is 4.78. The number of ether oxygens (including phenoxy) is 1. The molecule has 3 rings (SSSR count). The molecule has 5 nitrogen and oxygen atoms in total. The zero-order valence-electron chi connectivity index (χ0n) is 12.4. The predicted octanol–water partition coefficient (Wildman–Crippen LogP) is 0.749. The number of pyridine rings is 1. The van der Waals surface area contributed by atoms with Gasteiger partial charge in [0.25, 0.3) is 5.91 Å². The number of carbonyl (C=O) groups excluding carboxylic acids is 1. The van der Waals surface area contributed by atoms with E-state index < -0.39 is 0 Å². The molecule has 1 aromatic heterocycles. The highest BCUT2D eigenvalue weighted by atomic mass is 16.5. The second kappa shape index (κ2) is 7.15. The number of morpholine rings is 1. The van der Waals surface area contributed by atoms with Gasteiger partial charge in [-0.25, -0.2) is 0 Å². The lowest BCUT2D eigenvalue weighted by atomic mass is 10.2. The lowest BCUT2D eigenvalue weighted by molar-refractivity contribution is -0.921. The summed E-state index contributed by atoms with van der Waals surface area (Å²) in [6, 6.07) is 11.5. The van der Waals surface area contributed by atoms with Gasteiger partial charge in [0.05, 0.1) is 18.8 Å². The van der Waals surface area contributed by atoms with Gasteiger partial charge < -0.3 is 15.0 Å². The average molecular weight is 298 g/mol. The SMILES string of the molecule is O=C(Nc1ccc(C[NH+]2CCOCC2)cc1)c1cccnc1. The van der Waals surface area contributed by atoms with Gasteiger partial charge in [0, 0.05) is 23.6 Å². The van der Waals surface area contributed by atoms with Crippen molar-refractivity contribution in [3.8, 4) is 0 Å². The molecule has 2 heterocycles.